The number of aliphatic imine (C=N–C) groups is 1. The second-order valence-corrected chi connectivity index (χ2v) is 7.01. The molecule has 9 heteroatoms. The van der Waals surface area contributed by atoms with E-state index in [1.807, 2.05) is 0 Å². The summed E-state index contributed by atoms with van der Waals surface area (Å²) in [4.78, 5) is 3.91. The predicted octanol–water partition coefficient (Wildman–Crippen LogP) is 3.66. The molecule has 3 rings (SSSR count). The van der Waals surface area contributed by atoms with Crippen LogP contribution in [0.1, 0.15) is 5.56 Å². The molecular formula is C14H8F5NO2S. The number of para-hydroxylation sites is 1. The van der Waals surface area contributed by atoms with Gasteiger partial charge in [-0.05, 0) is 12.1 Å². The molecule has 0 fully saturated rings. The number of fused-ring (bicyclic) bond motifs is 3. The van der Waals surface area contributed by atoms with Crippen molar-refractivity contribution in [2.45, 2.75) is 17.2 Å². The summed E-state index contributed by atoms with van der Waals surface area (Å²) in [5, 5.41) is -2.28. The first-order valence-electron chi connectivity index (χ1n) is 6.33. The van der Waals surface area contributed by atoms with Gasteiger partial charge in [0.05, 0.1) is 11.4 Å². The Kier molecular flexibility index (Phi) is 3.44. The highest BCUT2D eigenvalue weighted by molar-refractivity contribution is 7.93. The van der Waals surface area contributed by atoms with Gasteiger partial charge in [-0.3, -0.25) is 4.99 Å². The first kappa shape index (κ1) is 15.9. The molecule has 0 bridgehead atoms. The highest BCUT2D eigenvalue weighted by Gasteiger charge is 2.53. The minimum atomic E-state index is -5.72. The highest BCUT2D eigenvalue weighted by atomic mass is 32.2. The zero-order valence-electron chi connectivity index (χ0n) is 11.2. The molecule has 1 atom stereocenters. The average molecular weight is 349 g/mol. The lowest BCUT2D eigenvalue weighted by Crippen LogP contribution is -2.39. The van der Waals surface area contributed by atoms with Crippen LogP contribution in [-0.2, 0) is 9.84 Å². The molecule has 1 aromatic carbocycles. The first-order valence-corrected chi connectivity index (χ1v) is 7.87. The van der Waals surface area contributed by atoms with E-state index in [0.29, 0.717) is 11.6 Å². The van der Waals surface area contributed by atoms with Crippen LogP contribution >= 0.6 is 0 Å². The third-order valence-electron chi connectivity index (χ3n) is 3.54. The standard InChI is InChI=1S/C14H8F5NO2S/c15-13(16)7-5-9-8-3-1-2-4-10(8)20-12(9)11(6-7)23(21,22)14(17,18)19/h1-6,11,13H. The van der Waals surface area contributed by atoms with E-state index in [-0.39, 0.29) is 17.0 Å². The number of halogens is 5. The minimum absolute atomic E-state index is 0.0174. The third kappa shape index (κ3) is 2.39. The van der Waals surface area contributed by atoms with Gasteiger partial charge in [0, 0.05) is 16.7 Å². The predicted molar refractivity (Wildman–Crippen MR) is 74.4 cm³/mol. The fourth-order valence-corrected chi connectivity index (χ4v) is 3.58. The SMILES string of the molecule is O=S(=O)(C1C=C(C(F)F)C=C2C1=Nc1ccccc12)C(F)(F)F. The van der Waals surface area contributed by atoms with Crippen LogP contribution in [0.3, 0.4) is 0 Å². The van der Waals surface area contributed by atoms with Gasteiger partial charge >= 0.3 is 5.51 Å². The molecule has 23 heavy (non-hydrogen) atoms. The number of alkyl halides is 5. The Morgan fingerprint density at radius 2 is 1.78 bits per heavy atom. The van der Waals surface area contributed by atoms with Gasteiger partial charge in [0.15, 0.2) is 0 Å². The maximum Gasteiger partial charge on any atom is 0.498 e. The molecule has 0 saturated heterocycles. The molecule has 1 unspecified atom stereocenters. The van der Waals surface area contributed by atoms with Crippen LogP contribution in [0, 0.1) is 0 Å². The second-order valence-electron chi connectivity index (χ2n) is 4.95. The number of hydrogen-bond acceptors (Lipinski definition) is 3. The lowest BCUT2D eigenvalue weighted by molar-refractivity contribution is -0.0436. The van der Waals surface area contributed by atoms with Crippen molar-refractivity contribution in [1.82, 2.24) is 0 Å². The van der Waals surface area contributed by atoms with Crippen molar-refractivity contribution in [2.75, 3.05) is 0 Å². The number of allylic oxidation sites excluding steroid dienone is 3. The van der Waals surface area contributed by atoms with Crippen LogP contribution in [-0.4, -0.2) is 31.3 Å². The zero-order valence-corrected chi connectivity index (χ0v) is 12.0. The van der Waals surface area contributed by atoms with Crippen molar-refractivity contribution in [1.29, 1.82) is 0 Å². The molecule has 1 heterocycles. The Bertz CT molecular complexity index is 865. The Balaban J connectivity index is 2.22. The normalized spacial score (nSPS) is 20.6. The largest absolute Gasteiger partial charge is 0.498 e. The Hall–Kier alpha value is -2.03. The van der Waals surface area contributed by atoms with E-state index in [9.17, 15) is 30.4 Å². The summed E-state index contributed by atoms with van der Waals surface area (Å²) in [6, 6.07) is 6.09. The molecule has 122 valence electrons. The molecule has 0 radical (unpaired) electrons. The fraction of sp³-hybridized carbons (Fsp3) is 0.214. The average Bonchev–Trinajstić information content (AvgIpc) is 2.83. The van der Waals surface area contributed by atoms with Gasteiger partial charge in [-0.25, -0.2) is 17.2 Å². The number of rotatable bonds is 2. The monoisotopic (exact) mass is 349 g/mol. The minimum Gasteiger partial charge on any atom is -0.250 e. The summed E-state index contributed by atoms with van der Waals surface area (Å²) in [6.45, 7) is 0. The van der Waals surface area contributed by atoms with E-state index in [0.717, 1.165) is 6.08 Å². The van der Waals surface area contributed by atoms with E-state index in [2.05, 4.69) is 4.99 Å². The van der Waals surface area contributed by atoms with E-state index < -0.39 is 32.6 Å². The van der Waals surface area contributed by atoms with Gasteiger partial charge < -0.3 is 0 Å². The summed E-state index contributed by atoms with van der Waals surface area (Å²) < 4.78 is 88.0. The summed E-state index contributed by atoms with van der Waals surface area (Å²) in [6.07, 6.45) is -1.69. The van der Waals surface area contributed by atoms with Gasteiger partial charge in [-0.15, -0.1) is 0 Å². The molecule has 3 nitrogen and oxygen atoms in total. The number of hydrogen-bond donors (Lipinski definition) is 0. The van der Waals surface area contributed by atoms with E-state index >= 15 is 0 Å². The molecule has 2 aliphatic rings. The molecule has 1 aliphatic carbocycles. The van der Waals surface area contributed by atoms with Gasteiger partial charge in [0.1, 0.15) is 5.25 Å². The number of benzene rings is 1. The zero-order chi connectivity index (χ0) is 17.0. The smallest absolute Gasteiger partial charge is 0.250 e. The van der Waals surface area contributed by atoms with Crippen LogP contribution in [0.15, 0.2) is 47.0 Å². The van der Waals surface area contributed by atoms with Crippen molar-refractivity contribution in [3.63, 3.8) is 0 Å². The van der Waals surface area contributed by atoms with Crippen LogP contribution in [0.5, 0.6) is 0 Å². The van der Waals surface area contributed by atoms with Crippen LogP contribution in [0.2, 0.25) is 0 Å². The maximum absolute atomic E-state index is 13.0. The molecule has 0 aromatic heterocycles. The highest BCUT2D eigenvalue weighted by Crippen LogP contribution is 2.43. The summed E-state index contributed by atoms with van der Waals surface area (Å²) in [5.41, 5.74) is -6.16. The quantitative estimate of drug-likeness (QED) is 0.765. The van der Waals surface area contributed by atoms with Crippen LogP contribution in [0.4, 0.5) is 27.6 Å². The van der Waals surface area contributed by atoms with Gasteiger partial charge in [0.25, 0.3) is 16.3 Å². The molecule has 1 aliphatic heterocycles. The van der Waals surface area contributed by atoms with E-state index in [4.69, 9.17) is 0 Å². The topological polar surface area (TPSA) is 46.5 Å². The van der Waals surface area contributed by atoms with E-state index in [1.165, 1.54) is 12.1 Å². The molecule has 0 spiro atoms. The van der Waals surface area contributed by atoms with Crippen molar-refractivity contribution in [3.05, 3.63) is 47.6 Å². The Morgan fingerprint density at radius 1 is 1.13 bits per heavy atom. The number of nitrogens with zero attached hydrogens (tertiary/aromatic N) is 1. The summed E-state index contributed by atoms with van der Waals surface area (Å²) in [7, 11) is -5.72. The lowest BCUT2D eigenvalue weighted by atomic mass is 9.93. The molecule has 0 N–H and O–H groups in total. The van der Waals surface area contributed by atoms with Gasteiger partial charge in [-0.1, -0.05) is 24.3 Å². The Morgan fingerprint density at radius 3 is 2.39 bits per heavy atom. The molecule has 1 aromatic rings. The third-order valence-corrected chi connectivity index (χ3v) is 5.22. The van der Waals surface area contributed by atoms with Crippen molar-refractivity contribution < 1.29 is 30.4 Å². The van der Waals surface area contributed by atoms with E-state index in [1.54, 1.807) is 12.1 Å². The second kappa shape index (κ2) is 4.98. The molecule has 0 amide bonds. The Labute approximate surface area is 127 Å². The molecular weight excluding hydrogens is 341 g/mol. The fourth-order valence-electron chi connectivity index (χ4n) is 2.48. The lowest BCUT2D eigenvalue weighted by Gasteiger charge is -2.22. The first-order chi connectivity index (χ1) is 10.6. The molecule has 0 saturated carbocycles. The van der Waals surface area contributed by atoms with Crippen molar-refractivity contribution in [2.24, 2.45) is 4.99 Å². The summed E-state index contributed by atoms with van der Waals surface area (Å²) >= 11 is 0. The summed E-state index contributed by atoms with van der Waals surface area (Å²) in [5.74, 6) is 0. The van der Waals surface area contributed by atoms with Gasteiger partial charge in [0.2, 0.25) is 0 Å². The van der Waals surface area contributed by atoms with Crippen LogP contribution < -0.4 is 0 Å². The van der Waals surface area contributed by atoms with Crippen molar-refractivity contribution >= 4 is 26.8 Å². The van der Waals surface area contributed by atoms with Gasteiger partial charge in [-0.2, -0.15) is 13.2 Å². The van der Waals surface area contributed by atoms with Crippen LogP contribution in [0.25, 0.3) is 5.57 Å². The van der Waals surface area contributed by atoms with Crippen molar-refractivity contribution in [3.8, 4) is 0 Å². The number of sulfone groups is 1. The maximum atomic E-state index is 13.0.